The Kier molecular flexibility index (Phi) is 6.12. The molecule has 0 aromatic carbocycles. The number of carbonyl (C=O) groups is 1. The monoisotopic (exact) mass is 432 g/mol. The minimum Gasteiger partial charge on any atom is -0.463 e. The predicted molar refractivity (Wildman–Crippen MR) is 121 cm³/mol. The molecule has 0 aromatic rings. The van der Waals surface area contributed by atoms with E-state index < -0.39 is 0 Å². The number of carbonyl (C=O) groups excluding carboxylic acids is 1. The second-order valence-corrected chi connectivity index (χ2v) is 11.0. The molecule has 0 radical (unpaired) electrons. The van der Waals surface area contributed by atoms with Crippen molar-refractivity contribution in [3.63, 3.8) is 0 Å². The Labute approximate surface area is 187 Å². The molecular formula is C25H40N2O4. The van der Waals surface area contributed by atoms with Gasteiger partial charge in [0.25, 0.3) is 0 Å². The van der Waals surface area contributed by atoms with Crippen LogP contribution in [0.1, 0.15) is 79.1 Å². The largest absolute Gasteiger partial charge is 0.463 e. The first-order chi connectivity index (χ1) is 14.7. The molecule has 0 N–H and O–H groups in total. The first kappa shape index (κ1) is 22.6. The van der Waals surface area contributed by atoms with Crippen LogP contribution in [0, 0.1) is 40.4 Å². The van der Waals surface area contributed by atoms with Gasteiger partial charge in [0.15, 0.2) is 0 Å². The SMILES string of the molecule is CO/N=C(/C)[C@@H]1/C(=N/OC)C[C@@H]2[C@H]3CC[C@H]4C[C@@H](OC(C)=O)CC[C@]4(C)[C@@H]3CC[C@]12C. The van der Waals surface area contributed by atoms with Crippen molar-refractivity contribution in [1.82, 2.24) is 0 Å². The number of hydrogen-bond acceptors (Lipinski definition) is 6. The summed E-state index contributed by atoms with van der Waals surface area (Å²) in [5.41, 5.74) is 2.67. The van der Waals surface area contributed by atoms with Gasteiger partial charge in [0.2, 0.25) is 0 Å². The van der Waals surface area contributed by atoms with Crippen LogP contribution in [-0.2, 0) is 19.2 Å². The summed E-state index contributed by atoms with van der Waals surface area (Å²) in [4.78, 5) is 21.9. The van der Waals surface area contributed by atoms with Crippen LogP contribution in [0.15, 0.2) is 10.3 Å². The second kappa shape index (κ2) is 8.40. The zero-order valence-electron chi connectivity index (χ0n) is 20.1. The fraction of sp³-hybridized carbons (Fsp3) is 0.880. The van der Waals surface area contributed by atoms with E-state index in [1.807, 2.05) is 0 Å². The van der Waals surface area contributed by atoms with Crippen LogP contribution < -0.4 is 0 Å². The highest BCUT2D eigenvalue weighted by molar-refractivity contribution is 6.08. The highest BCUT2D eigenvalue weighted by Crippen LogP contribution is 2.67. The fourth-order valence-corrected chi connectivity index (χ4v) is 8.50. The first-order valence-electron chi connectivity index (χ1n) is 12.1. The number of rotatable bonds is 4. The molecule has 6 nitrogen and oxygen atoms in total. The lowest BCUT2D eigenvalue weighted by molar-refractivity contribution is -0.159. The molecule has 8 atom stereocenters. The van der Waals surface area contributed by atoms with Crippen molar-refractivity contribution in [2.45, 2.75) is 85.2 Å². The van der Waals surface area contributed by atoms with Crippen molar-refractivity contribution in [3.8, 4) is 0 Å². The van der Waals surface area contributed by atoms with Gasteiger partial charge in [-0.3, -0.25) is 4.79 Å². The van der Waals surface area contributed by atoms with Crippen LogP contribution >= 0.6 is 0 Å². The van der Waals surface area contributed by atoms with E-state index in [9.17, 15) is 4.79 Å². The van der Waals surface area contributed by atoms with Crippen LogP contribution in [-0.4, -0.2) is 37.7 Å². The fourth-order valence-electron chi connectivity index (χ4n) is 8.50. The topological polar surface area (TPSA) is 69.5 Å². The van der Waals surface area contributed by atoms with Gasteiger partial charge in [-0.05, 0) is 92.8 Å². The molecule has 4 saturated carbocycles. The maximum Gasteiger partial charge on any atom is 0.302 e. The molecule has 0 unspecified atom stereocenters. The number of oxime groups is 2. The molecule has 0 bridgehead atoms. The Balaban J connectivity index is 1.60. The van der Waals surface area contributed by atoms with Crippen LogP contribution in [0.2, 0.25) is 0 Å². The molecule has 6 heteroatoms. The third-order valence-corrected chi connectivity index (χ3v) is 9.67. The third kappa shape index (κ3) is 3.68. The molecule has 0 spiro atoms. The average molecular weight is 433 g/mol. The Morgan fingerprint density at radius 2 is 1.71 bits per heavy atom. The standard InChI is InChI=1S/C25H40N2O4/c1-15(26-29-5)23-22(27-30-6)14-21-19-8-7-17-13-18(31-16(2)28)9-11-24(17,3)20(19)10-12-25(21,23)4/h17-21,23H,7-14H2,1-6H3/b26-15-,27-22+/t17-,18-,19-,20+,21+,23+,24-,25-/m0/s1. The van der Waals surface area contributed by atoms with Crippen LogP contribution in [0.4, 0.5) is 0 Å². The smallest absolute Gasteiger partial charge is 0.302 e. The average Bonchev–Trinajstić information content (AvgIpc) is 3.00. The van der Waals surface area contributed by atoms with Gasteiger partial charge in [0.05, 0.1) is 11.4 Å². The summed E-state index contributed by atoms with van der Waals surface area (Å²) >= 11 is 0. The van der Waals surface area contributed by atoms with E-state index >= 15 is 0 Å². The lowest BCUT2D eigenvalue weighted by atomic mass is 9.44. The first-order valence-corrected chi connectivity index (χ1v) is 12.1. The highest BCUT2D eigenvalue weighted by atomic mass is 16.6. The molecule has 31 heavy (non-hydrogen) atoms. The molecule has 4 rings (SSSR count). The number of ether oxygens (including phenoxy) is 1. The molecule has 0 amide bonds. The molecule has 0 heterocycles. The van der Waals surface area contributed by atoms with Crippen molar-refractivity contribution in [2.75, 3.05) is 14.2 Å². The van der Waals surface area contributed by atoms with Crippen LogP contribution in [0.3, 0.4) is 0 Å². The van der Waals surface area contributed by atoms with E-state index in [1.165, 1.54) is 39.0 Å². The summed E-state index contributed by atoms with van der Waals surface area (Å²) < 4.78 is 5.62. The number of esters is 1. The van der Waals surface area contributed by atoms with Gasteiger partial charge in [0, 0.05) is 12.8 Å². The van der Waals surface area contributed by atoms with Gasteiger partial charge < -0.3 is 14.4 Å². The lowest BCUT2D eigenvalue weighted by Gasteiger charge is -2.60. The van der Waals surface area contributed by atoms with E-state index in [2.05, 4.69) is 31.1 Å². The minimum absolute atomic E-state index is 0.116. The second-order valence-electron chi connectivity index (χ2n) is 11.0. The maximum atomic E-state index is 11.5. The summed E-state index contributed by atoms with van der Waals surface area (Å²) in [6.45, 7) is 8.61. The van der Waals surface area contributed by atoms with Crippen molar-refractivity contribution >= 4 is 17.4 Å². The maximum absolute atomic E-state index is 11.5. The normalized spacial score (nSPS) is 46.0. The Morgan fingerprint density at radius 1 is 0.968 bits per heavy atom. The highest BCUT2D eigenvalue weighted by Gasteiger charge is 2.62. The van der Waals surface area contributed by atoms with Crippen molar-refractivity contribution < 1.29 is 19.2 Å². The van der Waals surface area contributed by atoms with Gasteiger partial charge in [-0.15, -0.1) is 0 Å². The van der Waals surface area contributed by atoms with Crippen molar-refractivity contribution in [3.05, 3.63) is 0 Å². The molecule has 0 saturated heterocycles. The Hall–Kier alpha value is -1.59. The van der Waals surface area contributed by atoms with Gasteiger partial charge in [-0.1, -0.05) is 24.2 Å². The zero-order chi connectivity index (χ0) is 22.4. The molecular weight excluding hydrogens is 392 g/mol. The van der Waals surface area contributed by atoms with E-state index in [0.717, 1.165) is 36.6 Å². The lowest BCUT2D eigenvalue weighted by Crippen LogP contribution is -2.54. The molecule has 0 aromatic heterocycles. The minimum atomic E-state index is -0.134. The molecule has 4 aliphatic rings. The van der Waals surface area contributed by atoms with Gasteiger partial charge in [-0.25, -0.2) is 0 Å². The van der Waals surface area contributed by atoms with Gasteiger partial charge >= 0.3 is 5.97 Å². The van der Waals surface area contributed by atoms with Crippen molar-refractivity contribution in [2.24, 2.45) is 50.7 Å². The summed E-state index contributed by atoms with van der Waals surface area (Å²) in [7, 11) is 3.27. The number of hydrogen-bond donors (Lipinski definition) is 0. The number of nitrogens with zero attached hydrogens (tertiary/aromatic N) is 2. The van der Waals surface area contributed by atoms with E-state index in [-0.39, 0.29) is 23.4 Å². The van der Waals surface area contributed by atoms with Gasteiger partial charge in [-0.2, -0.15) is 0 Å². The molecule has 4 fully saturated rings. The van der Waals surface area contributed by atoms with Crippen molar-refractivity contribution in [1.29, 1.82) is 0 Å². The van der Waals surface area contributed by atoms with E-state index in [4.69, 9.17) is 14.4 Å². The summed E-state index contributed by atoms with van der Waals surface area (Å²) in [6, 6.07) is 0. The number of fused-ring (bicyclic) bond motifs is 5. The quantitative estimate of drug-likeness (QED) is 0.347. The van der Waals surface area contributed by atoms with Gasteiger partial charge in [0.1, 0.15) is 20.3 Å². The molecule has 4 aliphatic carbocycles. The molecule has 174 valence electrons. The Bertz CT molecular complexity index is 765. The van der Waals surface area contributed by atoms with Crippen LogP contribution in [0.5, 0.6) is 0 Å². The predicted octanol–water partition coefficient (Wildman–Crippen LogP) is 5.21. The van der Waals surface area contributed by atoms with Crippen LogP contribution in [0.25, 0.3) is 0 Å². The van der Waals surface area contributed by atoms with E-state index in [1.54, 1.807) is 14.2 Å². The summed E-state index contributed by atoms with van der Waals surface area (Å²) in [6.07, 6.45) is 9.32. The summed E-state index contributed by atoms with van der Waals surface area (Å²) in [5, 5.41) is 8.81. The van der Waals surface area contributed by atoms with E-state index in [0.29, 0.717) is 23.2 Å². The Morgan fingerprint density at radius 3 is 2.39 bits per heavy atom. The third-order valence-electron chi connectivity index (χ3n) is 9.67. The summed E-state index contributed by atoms with van der Waals surface area (Å²) in [5.74, 6) is 2.79. The molecule has 0 aliphatic heterocycles. The zero-order valence-corrected chi connectivity index (χ0v) is 20.1.